The van der Waals surface area contributed by atoms with Crippen molar-refractivity contribution in [3.8, 4) is 11.5 Å². The van der Waals surface area contributed by atoms with Crippen LogP contribution in [0, 0.1) is 0 Å². The number of hydrogen-bond acceptors (Lipinski definition) is 5. The largest absolute Gasteiger partial charge is 0.497 e. The van der Waals surface area contributed by atoms with Crippen molar-refractivity contribution in [2.45, 2.75) is 33.1 Å². The normalized spacial score (nSPS) is 11.2. The molecule has 0 radical (unpaired) electrons. The second-order valence-electron chi connectivity index (χ2n) is 5.96. The van der Waals surface area contributed by atoms with Crippen molar-refractivity contribution >= 4 is 29.9 Å². The van der Waals surface area contributed by atoms with Crippen LogP contribution in [0.15, 0.2) is 46.0 Å². The van der Waals surface area contributed by atoms with Crippen molar-refractivity contribution in [1.29, 1.82) is 0 Å². The molecule has 1 aromatic heterocycles. The number of nitrogens with one attached hydrogen (secondary N) is 2. The zero-order valence-corrected chi connectivity index (χ0v) is 19.4. The number of furan rings is 1. The molecule has 30 heavy (non-hydrogen) atoms. The molecule has 0 saturated heterocycles. The Morgan fingerprint density at radius 3 is 2.73 bits per heavy atom. The zero-order chi connectivity index (χ0) is 20.9. The van der Waals surface area contributed by atoms with Gasteiger partial charge in [-0.1, -0.05) is 0 Å². The molecule has 7 nitrogen and oxygen atoms in total. The smallest absolute Gasteiger partial charge is 0.387 e. The molecule has 1 heterocycles. The number of benzene rings is 1. The molecule has 0 saturated carbocycles. The second kappa shape index (κ2) is 14.8. The average molecular weight is 539 g/mol. The molecule has 2 rings (SSSR count). The lowest BCUT2D eigenvalue weighted by molar-refractivity contribution is -0.0504. The molecule has 168 valence electrons. The third kappa shape index (κ3) is 9.61. The molecule has 10 heteroatoms. The Bertz CT molecular complexity index is 746. The van der Waals surface area contributed by atoms with E-state index in [1.807, 2.05) is 19.1 Å². The van der Waals surface area contributed by atoms with Gasteiger partial charge >= 0.3 is 6.61 Å². The Labute approximate surface area is 192 Å². The predicted molar refractivity (Wildman–Crippen MR) is 121 cm³/mol. The minimum Gasteiger partial charge on any atom is -0.497 e. The summed E-state index contributed by atoms with van der Waals surface area (Å²) in [4.78, 5) is 4.44. The number of methoxy groups -OCH3 is 1. The van der Waals surface area contributed by atoms with E-state index in [0.29, 0.717) is 43.6 Å². The van der Waals surface area contributed by atoms with Crippen molar-refractivity contribution in [3.63, 3.8) is 0 Å². The molecule has 0 fully saturated rings. The molecule has 0 spiro atoms. The van der Waals surface area contributed by atoms with Gasteiger partial charge < -0.3 is 29.3 Å². The summed E-state index contributed by atoms with van der Waals surface area (Å²) < 4.78 is 45.7. The van der Waals surface area contributed by atoms with Crippen molar-refractivity contribution in [2.24, 2.45) is 4.99 Å². The van der Waals surface area contributed by atoms with E-state index in [4.69, 9.17) is 13.9 Å². The second-order valence-corrected chi connectivity index (χ2v) is 5.96. The van der Waals surface area contributed by atoms with Crippen LogP contribution in [-0.4, -0.2) is 39.4 Å². The van der Waals surface area contributed by atoms with Crippen LogP contribution in [0.1, 0.15) is 24.7 Å². The highest BCUT2D eigenvalue weighted by atomic mass is 127. The number of guanidine groups is 1. The van der Waals surface area contributed by atoms with Gasteiger partial charge in [0.1, 0.15) is 23.9 Å². The van der Waals surface area contributed by atoms with Gasteiger partial charge in [-0.25, -0.2) is 4.99 Å². The minimum absolute atomic E-state index is 0. The number of ether oxygens (including phenoxy) is 3. The molecule has 0 bridgehead atoms. The molecular weight excluding hydrogens is 511 g/mol. The molecule has 2 N–H and O–H groups in total. The van der Waals surface area contributed by atoms with Gasteiger partial charge in [0.05, 0.1) is 19.9 Å². The fourth-order valence-electron chi connectivity index (χ4n) is 2.47. The van der Waals surface area contributed by atoms with Gasteiger partial charge in [-0.2, -0.15) is 8.78 Å². The first-order chi connectivity index (χ1) is 14.1. The topological polar surface area (TPSA) is 77.3 Å². The fraction of sp³-hybridized carbons (Fsp3) is 0.450. The van der Waals surface area contributed by atoms with Crippen LogP contribution in [0.5, 0.6) is 11.5 Å². The molecular formula is C20H28F2IN3O4. The summed E-state index contributed by atoms with van der Waals surface area (Å²) in [5.74, 6) is 1.98. The molecule has 2 aromatic rings. The summed E-state index contributed by atoms with van der Waals surface area (Å²) >= 11 is 0. The number of halogens is 3. The van der Waals surface area contributed by atoms with E-state index < -0.39 is 6.61 Å². The van der Waals surface area contributed by atoms with Crippen LogP contribution in [-0.2, 0) is 17.9 Å². The molecule has 0 amide bonds. The van der Waals surface area contributed by atoms with Crippen molar-refractivity contribution in [3.05, 3.63) is 47.9 Å². The van der Waals surface area contributed by atoms with Gasteiger partial charge in [0.15, 0.2) is 5.96 Å². The van der Waals surface area contributed by atoms with Gasteiger partial charge in [-0.3, -0.25) is 0 Å². The van der Waals surface area contributed by atoms with E-state index in [2.05, 4.69) is 20.4 Å². The third-order valence-electron chi connectivity index (χ3n) is 3.82. The van der Waals surface area contributed by atoms with Crippen LogP contribution in [0.4, 0.5) is 8.78 Å². The highest BCUT2D eigenvalue weighted by Gasteiger charge is 2.11. The summed E-state index contributed by atoms with van der Waals surface area (Å²) in [5, 5.41) is 6.31. The van der Waals surface area contributed by atoms with Gasteiger partial charge in [-0.15, -0.1) is 24.0 Å². The standard InChI is InChI=1S/C20H27F2N3O4.HI/c1-3-23-20(24-9-5-10-27-14-17-6-4-11-28-17)25-13-15-12-16(26-2)7-8-18(15)29-19(21)22;/h4,6-8,11-12,19H,3,5,9-10,13-14H2,1-2H3,(H2,23,24,25);1H. The third-order valence-corrected chi connectivity index (χ3v) is 3.82. The van der Waals surface area contributed by atoms with E-state index in [-0.39, 0.29) is 36.3 Å². The number of rotatable bonds is 12. The first-order valence-electron chi connectivity index (χ1n) is 9.36. The SMILES string of the molecule is CCNC(=NCc1cc(OC)ccc1OC(F)F)NCCCOCc1ccco1.I. The van der Waals surface area contributed by atoms with Crippen LogP contribution in [0.3, 0.4) is 0 Å². The highest BCUT2D eigenvalue weighted by molar-refractivity contribution is 14.0. The van der Waals surface area contributed by atoms with Gasteiger partial charge in [0.2, 0.25) is 0 Å². The van der Waals surface area contributed by atoms with Crippen molar-refractivity contribution < 1.29 is 27.4 Å². The molecule has 0 unspecified atom stereocenters. The zero-order valence-electron chi connectivity index (χ0n) is 17.0. The monoisotopic (exact) mass is 539 g/mol. The molecule has 0 atom stereocenters. The summed E-state index contributed by atoms with van der Waals surface area (Å²) in [7, 11) is 1.51. The van der Waals surface area contributed by atoms with E-state index in [1.54, 1.807) is 18.4 Å². The maximum Gasteiger partial charge on any atom is 0.387 e. The molecule has 0 aliphatic heterocycles. The summed E-state index contributed by atoms with van der Waals surface area (Å²) in [5.41, 5.74) is 0.503. The Morgan fingerprint density at radius 1 is 1.23 bits per heavy atom. The fourth-order valence-corrected chi connectivity index (χ4v) is 2.47. The summed E-state index contributed by atoms with van der Waals surface area (Å²) in [6.07, 6.45) is 2.38. The predicted octanol–water partition coefficient (Wildman–Crippen LogP) is 4.17. The Hall–Kier alpha value is -2.08. The number of hydrogen-bond donors (Lipinski definition) is 2. The number of nitrogens with zero attached hydrogens (tertiary/aromatic N) is 1. The first kappa shape index (κ1) is 26.0. The maximum absolute atomic E-state index is 12.6. The number of aliphatic imine (C=N–C) groups is 1. The van der Waals surface area contributed by atoms with Gasteiger partial charge in [0.25, 0.3) is 0 Å². The lowest BCUT2D eigenvalue weighted by Crippen LogP contribution is -2.38. The Morgan fingerprint density at radius 2 is 2.07 bits per heavy atom. The van der Waals surface area contributed by atoms with Gasteiger partial charge in [0, 0.05) is 25.3 Å². The van der Waals surface area contributed by atoms with E-state index in [9.17, 15) is 8.78 Å². The Kier molecular flexibility index (Phi) is 12.8. The van der Waals surface area contributed by atoms with Crippen molar-refractivity contribution in [2.75, 3.05) is 26.8 Å². The lowest BCUT2D eigenvalue weighted by atomic mass is 10.2. The van der Waals surface area contributed by atoms with Crippen LogP contribution < -0.4 is 20.1 Å². The minimum atomic E-state index is -2.90. The summed E-state index contributed by atoms with van der Waals surface area (Å²) in [6.45, 7) is 1.50. The van der Waals surface area contributed by atoms with Crippen LogP contribution in [0.25, 0.3) is 0 Å². The van der Waals surface area contributed by atoms with E-state index in [1.165, 1.54) is 13.2 Å². The quantitative estimate of drug-likeness (QED) is 0.183. The van der Waals surface area contributed by atoms with Crippen LogP contribution in [0.2, 0.25) is 0 Å². The van der Waals surface area contributed by atoms with E-state index in [0.717, 1.165) is 12.2 Å². The lowest BCUT2D eigenvalue weighted by Gasteiger charge is -2.13. The summed E-state index contributed by atoms with van der Waals surface area (Å²) in [6, 6.07) is 8.33. The maximum atomic E-state index is 12.6. The highest BCUT2D eigenvalue weighted by Crippen LogP contribution is 2.26. The molecule has 0 aliphatic carbocycles. The molecule has 0 aliphatic rings. The van der Waals surface area contributed by atoms with Crippen molar-refractivity contribution in [1.82, 2.24) is 10.6 Å². The van der Waals surface area contributed by atoms with Gasteiger partial charge in [-0.05, 0) is 43.7 Å². The average Bonchev–Trinajstić information content (AvgIpc) is 3.22. The van der Waals surface area contributed by atoms with E-state index >= 15 is 0 Å². The molecule has 1 aromatic carbocycles. The number of alkyl halides is 2. The Balaban J connectivity index is 0.00000450. The first-order valence-corrected chi connectivity index (χ1v) is 9.36. The van der Waals surface area contributed by atoms with Crippen LogP contribution >= 0.6 is 24.0 Å².